The lowest BCUT2D eigenvalue weighted by molar-refractivity contribution is -0.116. The second-order valence-corrected chi connectivity index (χ2v) is 4.88. The summed E-state index contributed by atoms with van der Waals surface area (Å²) in [6.07, 6.45) is 0.334. The van der Waals surface area contributed by atoms with Crippen LogP contribution in [0.15, 0.2) is 54.6 Å². The molecule has 0 N–H and O–H groups in total. The van der Waals surface area contributed by atoms with E-state index in [-0.39, 0.29) is 11.3 Å². The number of hydrogen-bond acceptors (Lipinski definition) is 2. The van der Waals surface area contributed by atoms with E-state index in [2.05, 4.69) is 0 Å². The van der Waals surface area contributed by atoms with E-state index >= 15 is 0 Å². The number of alkyl halides is 2. The van der Waals surface area contributed by atoms with Crippen molar-refractivity contribution in [3.05, 3.63) is 65.7 Å². The fraction of sp³-hybridized carbons (Fsp3) is 0.235. The summed E-state index contributed by atoms with van der Waals surface area (Å²) in [4.78, 5) is 11.0. The van der Waals surface area contributed by atoms with Crippen LogP contribution in [-0.4, -0.2) is 12.4 Å². The minimum absolute atomic E-state index is 0.0549. The number of carbonyl (C=O) groups excluding carboxylic acids is 1. The molecule has 2 aromatic rings. The maximum absolute atomic E-state index is 13.9. The summed E-state index contributed by atoms with van der Waals surface area (Å²) in [5.74, 6) is -2.63. The largest absolute Gasteiger partial charge is 0.487 e. The molecule has 0 unspecified atom stereocenters. The minimum atomic E-state index is -3.04. The highest BCUT2D eigenvalue weighted by atomic mass is 19.3. The molecule has 0 amide bonds. The first kappa shape index (κ1) is 15.2. The van der Waals surface area contributed by atoms with Gasteiger partial charge in [0.15, 0.2) is 6.61 Å². The van der Waals surface area contributed by atoms with Gasteiger partial charge in [0, 0.05) is 12.0 Å². The van der Waals surface area contributed by atoms with Crippen LogP contribution in [-0.2, 0) is 17.1 Å². The van der Waals surface area contributed by atoms with Gasteiger partial charge in [-0.05, 0) is 24.6 Å². The zero-order valence-corrected chi connectivity index (χ0v) is 11.7. The van der Waals surface area contributed by atoms with Crippen molar-refractivity contribution >= 4 is 5.78 Å². The fourth-order valence-electron chi connectivity index (χ4n) is 1.93. The van der Waals surface area contributed by atoms with Gasteiger partial charge in [-0.3, -0.25) is 4.79 Å². The summed E-state index contributed by atoms with van der Waals surface area (Å²) in [7, 11) is 0. The second kappa shape index (κ2) is 6.48. The van der Waals surface area contributed by atoms with Crippen LogP contribution in [0.5, 0.6) is 5.75 Å². The topological polar surface area (TPSA) is 26.3 Å². The molecule has 0 saturated carbocycles. The molecule has 21 heavy (non-hydrogen) atoms. The Morgan fingerprint density at radius 2 is 1.67 bits per heavy atom. The Kier molecular flexibility index (Phi) is 4.68. The monoisotopic (exact) mass is 290 g/mol. The highest BCUT2D eigenvalue weighted by Gasteiger charge is 2.32. The van der Waals surface area contributed by atoms with E-state index in [1.54, 1.807) is 42.5 Å². The van der Waals surface area contributed by atoms with Crippen LogP contribution in [0.2, 0.25) is 0 Å². The number of carbonyl (C=O) groups is 1. The number of ether oxygens (including phenoxy) is 1. The average Bonchev–Trinajstić information content (AvgIpc) is 2.47. The Hall–Kier alpha value is -2.23. The lowest BCUT2D eigenvalue weighted by atomic mass is 10.1. The van der Waals surface area contributed by atoms with Crippen LogP contribution in [0.4, 0.5) is 8.78 Å². The van der Waals surface area contributed by atoms with Crippen molar-refractivity contribution in [1.82, 2.24) is 0 Å². The normalized spacial score (nSPS) is 11.2. The van der Waals surface area contributed by atoms with Gasteiger partial charge in [0.25, 0.3) is 0 Å². The van der Waals surface area contributed by atoms with Gasteiger partial charge >= 0.3 is 5.92 Å². The SMILES string of the molecule is CC(=O)Cc1ccc(OCC(F)(F)c2ccccc2)cc1. The van der Waals surface area contributed by atoms with Crippen molar-refractivity contribution in [3.8, 4) is 5.75 Å². The van der Waals surface area contributed by atoms with Crippen LogP contribution in [0, 0.1) is 0 Å². The molecule has 0 aliphatic carbocycles. The van der Waals surface area contributed by atoms with Crippen molar-refractivity contribution in [2.24, 2.45) is 0 Å². The first-order valence-electron chi connectivity index (χ1n) is 6.62. The Labute approximate surface area is 122 Å². The smallest absolute Gasteiger partial charge is 0.306 e. The lowest BCUT2D eigenvalue weighted by Gasteiger charge is -2.17. The molecule has 4 heteroatoms. The Morgan fingerprint density at radius 1 is 1.05 bits per heavy atom. The minimum Gasteiger partial charge on any atom is -0.487 e. The number of ketones is 1. The molecule has 0 atom stereocenters. The molecule has 2 rings (SSSR count). The molecular formula is C17H16F2O2. The molecule has 2 nitrogen and oxygen atoms in total. The first-order valence-corrected chi connectivity index (χ1v) is 6.62. The predicted octanol–water partition coefficient (Wildman–Crippen LogP) is 3.99. The number of Topliss-reactive ketones (excluding diaryl/α,β-unsaturated/α-hetero) is 1. The van der Waals surface area contributed by atoms with E-state index in [4.69, 9.17) is 4.74 Å². The summed E-state index contributed by atoms with van der Waals surface area (Å²) >= 11 is 0. The van der Waals surface area contributed by atoms with Crippen LogP contribution < -0.4 is 4.74 Å². The molecule has 0 radical (unpaired) electrons. The van der Waals surface area contributed by atoms with Crippen LogP contribution in [0.3, 0.4) is 0 Å². The maximum Gasteiger partial charge on any atom is 0.306 e. The molecule has 0 heterocycles. The van der Waals surface area contributed by atoms with Gasteiger partial charge in [0.2, 0.25) is 0 Å². The third-order valence-corrected chi connectivity index (χ3v) is 2.99. The highest BCUT2D eigenvalue weighted by Crippen LogP contribution is 2.28. The van der Waals surface area contributed by atoms with E-state index in [1.807, 2.05) is 0 Å². The number of rotatable bonds is 6. The maximum atomic E-state index is 13.9. The van der Waals surface area contributed by atoms with Crippen LogP contribution in [0.25, 0.3) is 0 Å². The van der Waals surface area contributed by atoms with Crippen molar-refractivity contribution in [2.45, 2.75) is 19.3 Å². The van der Waals surface area contributed by atoms with Crippen LogP contribution in [0.1, 0.15) is 18.1 Å². The standard InChI is InChI=1S/C17H16F2O2/c1-13(20)11-14-7-9-16(10-8-14)21-12-17(18,19)15-5-3-2-4-6-15/h2-10H,11-12H2,1H3. The molecular weight excluding hydrogens is 274 g/mol. The van der Waals surface area contributed by atoms with Gasteiger partial charge in [-0.2, -0.15) is 8.78 Å². The van der Waals surface area contributed by atoms with Crippen molar-refractivity contribution in [2.75, 3.05) is 6.61 Å². The molecule has 2 aromatic carbocycles. The van der Waals surface area contributed by atoms with E-state index in [9.17, 15) is 13.6 Å². The fourth-order valence-corrected chi connectivity index (χ4v) is 1.93. The molecule has 0 fully saturated rings. The number of halogens is 2. The average molecular weight is 290 g/mol. The summed E-state index contributed by atoms with van der Waals surface area (Å²) in [6, 6.07) is 14.2. The highest BCUT2D eigenvalue weighted by molar-refractivity contribution is 5.78. The summed E-state index contributed by atoms with van der Waals surface area (Å²) in [5.41, 5.74) is 0.767. The van der Waals surface area contributed by atoms with E-state index < -0.39 is 12.5 Å². The third kappa shape index (κ3) is 4.38. The molecule has 0 aliphatic rings. The zero-order chi connectivity index (χ0) is 15.3. The summed E-state index contributed by atoms with van der Waals surface area (Å²) in [6.45, 7) is 0.786. The van der Waals surface area contributed by atoms with Gasteiger partial charge in [-0.1, -0.05) is 42.5 Å². The van der Waals surface area contributed by atoms with Gasteiger partial charge in [0.05, 0.1) is 0 Å². The number of hydrogen-bond donors (Lipinski definition) is 0. The molecule has 0 spiro atoms. The van der Waals surface area contributed by atoms with Crippen molar-refractivity contribution in [1.29, 1.82) is 0 Å². The van der Waals surface area contributed by atoms with Crippen LogP contribution >= 0.6 is 0 Å². The molecule has 0 aromatic heterocycles. The quantitative estimate of drug-likeness (QED) is 0.804. The predicted molar refractivity (Wildman–Crippen MR) is 76.7 cm³/mol. The van der Waals surface area contributed by atoms with Crippen molar-refractivity contribution in [3.63, 3.8) is 0 Å². The van der Waals surface area contributed by atoms with Gasteiger partial charge in [0.1, 0.15) is 11.5 Å². The molecule has 0 bridgehead atoms. The van der Waals surface area contributed by atoms with Gasteiger partial charge in [-0.25, -0.2) is 0 Å². The van der Waals surface area contributed by atoms with Gasteiger partial charge in [-0.15, -0.1) is 0 Å². The first-order chi connectivity index (χ1) is 9.97. The third-order valence-electron chi connectivity index (χ3n) is 2.99. The Bertz CT molecular complexity index is 592. The Morgan fingerprint density at radius 3 is 2.24 bits per heavy atom. The summed E-state index contributed by atoms with van der Waals surface area (Å²) < 4.78 is 33.0. The van der Waals surface area contributed by atoms with E-state index in [0.29, 0.717) is 12.2 Å². The lowest BCUT2D eigenvalue weighted by Crippen LogP contribution is -2.23. The number of benzene rings is 2. The molecule has 0 saturated heterocycles. The molecule has 0 aliphatic heterocycles. The molecule has 110 valence electrons. The van der Waals surface area contributed by atoms with E-state index in [0.717, 1.165) is 5.56 Å². The summed E-state index contributed by atoms with van der Waals surface area (Å²) in [5, 5.41) is 0. The van der Waals surface area contributed by atoms with Crippen molar-refractivity contribution < 1.29 is 18.3 Å². The Balaban J connectivity index is 1.98. The van der Waals surface area contributed by atoms with Gasteiger partial charge < -0.3 is 4.74 Å². The zero-order valence-electron chi connectivity index (χ0n) is 11.7. The van der Waals surface area contributed by atoms with E-state index in [1.165, 1.54) is 19.1 Å². The second-order valence-electron chi connectivity index (χ2n) is 4.88.